The number of thiophene rings is 1. The number of carbonyl (C=O) groups is 1. The van der Waals surface area contributed by atoms with E-state index in [2.05, 4.69) is 5.32 Å². The normalized spacial score (nSPS) is 12.6. The average molecular weight is 287 g/mol. The Hall–Kier alpha value is -1.91. The van der Waals surface area contributed by atoms with Gasteiger partial charge in [-0.1, -0.05) is 18.2 Å². The number of aliphatic hydroxyl groups excluding tert-OH is 1. The summed E-state index contributed by atoms with van der Waals surface area (Å²) in [6.45, 7) is 3.70. The largest absolute Gasteiger partial charge is 0.389 e. The molecule has 1 aromatic carbocycles. The zero-order chi connectivity index (χ0) is 14.5. The molecule has 2 N–H and O–H groups in total. The van der Waals surface area contributed by atoms with Gasteiger partial charge in [0.1, 0.15) is 0 Å². The Kier molecular flexibility index (Phi) is 4.71. The van der Waals surface area contributed by atoms with E-state index >= 15 is 0 Å². The summed E-state index contributed by atoms with van der Waals surface area (Å²) in [6, 6.07) is 11.2. The van der Waals surface area contributed by atoms with E-state index in [9.17, 15) is 9.90 Å². The zero-order valence-corrected chi connectivity index (χ0v) is 12.3. The molecule has 0 radical (unpaired) electrons. The summed E-state index contributed by atoms with van der Waals surface area (Å²) in [4.78, 5) is 14.1. The number of carbonyl (C=O) groups excluding carboxylic acids is 1. The predicted molar refractivity (Wildman–Crippen MR) is 83.8 cm³/mol. The van der Waals surface area contributed by atoms with Crippen molar-refractivity contribution in [2.45, 2.75) is 20.0 Å². The fourth-order valence-corrected chi connectivity index (χ4v) is 2.63. The zero-order valence-electron chi connectivity index (χ0n) is 11.5. The molecule has 0 bridgehead atoms. The van der Waals surface area contributed by atoms with E-state index in [1.54, 1.807) is 36.5 Å². The maximum absolute atomic E-state index is 11.9. The lowest BCUT2D eigenvalue weighted by Gasteiger charge is -2.11. The van der Waals surface area contributed by atoms with Crippen LogP contribution in [0.5, 0.6) is 0 Å². The van der Waals surface area contributed by atoms with Gasteiger partial charge in [-0.3, -0.25) is 4.79 Å². The lowest BCUT2D eigenvalue weighted by Crippen LogP contribution is -2.10. The maximum Gasteiger partial charge on any atom is 0.248 e. The highest BCUT2D eigenvalue weighted by Crippen LogP contribution is 2.22. The number of nitrogens with one attached hydrogen (secondary N) is 1. The van der Waals surface area contributed by atoms with Gasteiger partial charge in [-0.05, 0) is 38.1 Å². The average Bonchev–Trinajstić information content (AvgIpc) is 2.83. The van der Waals surface area contributed by atoms with E-state index in [-0.39, 0.29) is 5.91 Å². The van der Waals surface area contributed by atoms with Crippen molar-refractivity contribution in [3.8, 4) is 0 Å². The number of aryl methyl sites for hydroxylation is 1. The Labute approximate surface area is 122 Å². The van der Waals surface area contributed by atoms with Gasteiger partial charge < -0.3 is 10.4 Å². The van der Waals surface area contributed by atoms with Crippen LogP contribution in [-0.2, 0) is 4.79 Å². The van der Waals surface area contributed by atoms with Crippen LogP contribution in [0.15, 0.2) is 42.5 Å². The number of para-hydroxylation sites is 1. The second-order valence-electron chi connectivity index (χ2n) is 4.53. The minimum atomic E-state index is -0.615. The summed E-state index contributed by atoms with van der Waals surface area (Å²) in [5.41, 5.74) is 1.35. The summed E-state index contributed by atoms with van der Waals surface area (Å²) < 4.78 is 0. The van der Waals surface area contributed by atoms with Crippen molar-refractivity contribution >= 4 is 29.0 Å². The molecule has 3 nitrogen and oxygen atoms in total. The SMILES string of the molecule is Cc1ccc(C=CC(=O)Nc2ccccc2C(C)O)s1. The second kappa shape index (κ2) is 6.50. The molecule has 2 aromatic rings. The number of hydrogen-bond acceptors (Lipinski definition) is 3. The minimum absolute atomic E-state index is 0.204. The summed E-state index contributed by atoms with van der Waals surface area (Å²) in [7, 11) is 0. The number of rotatable bonds is 4. The molecule has 0 aliphatic heterocycles. The summed E-state index contributed by atoms with van der Waals surface area (Å²) >= 11 is 1.64. The molecule has 0 saturated heterocycles. The summed E-state index contributed by atoms with van der Waals surface area (Å²) in [6.07, 6.45) is 2.68. The molecular formula is C16H17NO2S. The molecule has 4 heteroatoms. The van der Waals surface area contributed by atoms with Crippen LogP contribution in [-0.4, -0.2) is 11.0 Å². The van der Waals surface area contributed by atoms with Gasteiger partial charge in [-0.25, -0.2) is 0 Å². The fourth-order valence-electron chi connectivity index (χ4n) is 1.85. The van der Waals surface area contributed by atoms with Crippen molar-refractivity contribution in [2.24, 2.45) is 0 Å². The molecule has 1 heterocycles. The van der Waals surface area contributed by atoms with E-state index in [0.29, 0.717) is 11.3 Å². The van der Waals surface area contributed by atoms with Crippen LogP contribution in [0.2, 0.25) is 0 Å². The third-order valence-electron chi connectivity index (χ3n) is 2.83. The van der Waals surface area contributed by atoms with E-state index in [0.717, 1.165) is 4.88 Å². The summed E-state index contributed by atoms with van der Waals surface area (Å²) in [5, 5.41) is 12.4. The van der Waals surface area contributed by atoms with Gasteiger partial charge in [0.15, 0.2) is 0 Å². The number of amides is 1. The third kappa shape index (κ3) is 3.79. The predicted octanol–water partition coefficient (Wildman–Crippen LogP) is 3.76. The molecule has 0 fully saturated rings. The van der Waals surface area contributed by atoms with Crippen LogP contribution < -0.4 is 5.32 Å². The van der Waals surface area contributed by atoms with Crippen molar-refractivity contribution in [1.29, 1.82) is 0 Å². The molecule has 0 spiro atoms. The minimum Gasteiger partial charge on any atom is -0.389 e. The van der Waals surface area contributed by atoms with Crippen molar-refractivity contribution in [3.63, 3.8) is 0 Å². The Bertz CT molecular complexity index is 629. The quantitative estimate of drug-likeness (QED) is 0.841. The highest BCUT2D eigenvalue weighted by Gasteiger charge is 2.08. The van der Waals surface area contributed by atoms with Gasteiger partial charge in [0.2, 0.25) is 5.91 Å². The van der Waals surface area contributed by atoms with E-state index < -0.39 is 6.10 Å². The van der Waals surface area contributed by atoms with Crippen LogP contribution in [0.1, 0.15) is 28.3 Å². The first-order chi connectivity index (χ1) is 9.56. The lowest BCUT2D eigenvalue weighted by molar-refractivity contribution is -0.111. The number of anilines is 1. The smallest absolute Gasteiger partial charge is 0.248 e. The Morgan fingerprint density at radius 2 is 2.05 bits per heavy atom. The first-order valence-corrected chi connectivity index (χ1v) is 7.20. The van der Waals surface area contributed by atoms with Gasteiger partial charge in [-0.2, -0.15) is 0 Å². The molecule has 1 unspecified atom stereocenters. The molecule has 1 amide bonds. The Morgan fingerprint density at radius 1 is 1.30 bits per heavy atom. The first-order valence-electron chi connectivity index (χ1n) is 6.39. The van der Waals surface area contributed by atoms with Crippen molar-refractivity contribution in [1.82, 2.24) is 0 Å². The van der Waals surface area contributed by atoms with Crippen LogP contribution in [0.3, 0.4) is 0 Å². The van der Waals surface area contributed by atoms with Crippen LogP contribution in [0.25, 0.3) is 6.08 Å². The van der Waals surface area contributed by atoms with Gasteiger partial charge in [0, 0.05) is 27.1 Å². The van der Waals surface area contributed by atoms with Gasteiger partial charge in [0.25, 0.3) is 0 Å². The molecule has 1 aromatic heterocycles. The molecule has 0 aliphatic rings. The summed E-state index contributed by atoms with van der Waals surface area (Å²) in [5.74, 6) is -0.204. The molecule has 0 aliphatic carbocycles. The van der Waals surface area contributed by atoms with Crippen molar-refractivity contribution in [3.05, 3.63) is 57.8 Å². The van der Waals surface area contributed by atoms with Gasteiger partial charge >= 0.3 is 0 Å². The monoisotopic (exact) mass is 287 g/mol. The first kappa shape index (κ1) is 14.5. The van der Waals surface area contributed by atoms with E-state index in [1.807, 2.05) is 31.2 Å². The number of aliphatic hydroxyl groups is 1. The second-order valence-corrected chi connectivity index (χ2v) is 5.85. The third-order valence-corrected chi connectivity index (χ3v) is 3.79. The molecule has 2 rings (SSSR count). The maximum atomic E-state index is 11.9. The topological polar surface area (TPSA) is 49.3 Å². The molecule has 1 atom stereocenters. The molecule has 0 saturated carbocycles. The van der Waals surface area contributed by atoms with E-state index in [1.165, 1.54) is 11.0 Å². The van der Waals surface area contributed by atoms with Crippen molar-refractivity contribution in [2.75, 3.05) is 5.32 Å². The van der Waals surface area contributed by atoms with Crippen LogP contribution >= 0.6 is 11.3 Å². The van der Waals surface area contributed by atoms with Gasteiger partial charge in [-0.15, -0.1) is 11.3 Å². The Morgan fingerprint density at radius 3 is 2.70 bits per heavy atom. The highest BCUT2D eigenvalue weighted by molar-refractivity contribution is 7.12. The lowest BCUT2D eigenvalue weighted by atomic mass is 10.1. The van der Waals surface area contributed by atoms with Crippen molar-refractivity contribution < 1.29 is 9.90 Å². The van der Waals surface area contributed by atoms with Gasteiger partial charge in [0.05, 0.1) is 6.10 Å². The molecule has 20 heavy (non-hydrogen) atoms. The van der Waals surface area contributed by atoms with E-state index in [4.69, 9.17) is 0 Å². The fraction of sp³-hybridized carbons (Fsp3) is 0.188. The molecular weight excluding hydrogens is 270 g/mol. The van der Waals surface area contributed by atoms with Crippen LogP contribution in [0.4, 0.5) is 5.69 Å². The van der Waals surface area contributed by atoms with Crippen LogP contribution in [0, 0.1) is 6.92 Å². The standard InChI is InChI=1S/C16H17NO2S/c1-11-7-8-13(20-11)9-10-16(19)17-15-6-4-3-5-14(15)12(2)18/h3-10,12,18H,1-2H3,(H,17,19). The molecule has 104 valence electrons. The number of hydrogen-bond donors (Lipinski definition) is 2. The number of benzene rings is 1. The Balaban J connectivity index is 2.07. The highest BCUT2D eigenvalue weighted by atomic mass is 32.1.